The van der Waals surface area contributed by atoms with Crippen LogP contribution in [0.5, 0.6) is 0 Å². The summed E-state index contributed by atoms with van der Waals surface area (Å²) in [5.74, 6) is -0.396. The number of benzene rings is 1. The van der Waals surface area contributed by atoms with Gasteiger partial charge in [-0.05, 0) is 31.2 Å². The fourth-order valence-corrected chi connectivity index (χ4v) is 2.51. The van der Waals surface area contributed by atoms with Gasteiger partial charge in [0, 0.05) is 36.9 Å². The second kappa shape index (κ2) is 7.91. The molecule has 0 radical (unpaired) electrons. The van der Waals surface area contributed by atoms with E-state index in [1.165, 1.54) is 0 Å². The Labute approximate surface area is 145 Å². The molecule has 1 aromatic carbocycles. The van der Waals surface area contributed by atoms with E-state index in [9.17, 15) is 9.59 Å². The van der Waals surface area contributed by atoms with Gasteiger partial charge >= 0.3 is 0 Å². The average molecular weight is 343 g/mol. The molecule has 0 saturated carbocycles. The number of amides is 2. The van der Waals surface area contributed by atoms with E-state index in [2.05, 4.69) is 21.0 Å². The number of aromatic nitrogens is 2. The summed E-state index contributed by atoms with van der Waals surface area (Å²) in [7, 11) is 0. The monoisotopic (exact) mass is 343 g/mol. The molecule has 25 heavy (non-hydrogen) atoms. The third-order valence-electron chi connectivity index (χ3n) is 3.92. The minimum Gasteiger partial charge on any atom is -0.366 e. The number of nitrogens with one attached hydrogen (secondary N) is 3. The smallest absolute Gasteiger partial charge is 0.254 e. The van der Waals surface area contributed by atoms with Crippen LogP contribution in [0.15, 0.2) is 42.7 Å². The molecule has 1 aliphatic heterocycles. The second-order valence-electron chi connectivity index (χ2n) is 5.78. The summed E-state index contributed by atoms with van der Waals surface area (Å²) in [5.41, 5.74) is 1.20. The molecule has 0 aliphatic carbocycles. The Hall–Kier alpha value is -2.71. The fraction of sp³-hybridized carbons (Fsp3) is 0.353. The van der Waals surface area contributed by atoms with E-state index in [0.717, 1.165) is 6.54 Å². The van der Waals surface area contributed by atoms with Gasteiger partial charge in [-0.3, -0.25) is 14.3 Å². The number of carbonyl (C=O) groups excluding carboxylic acids is 2. The number of hydrogen-bond acceptors (Lipinski definition) is 5. The molecule has 0 bridgehead atoms. The highest BCUT2D eigenvalue weighted by atomic mass is 16.5. The summed E-state index contributed by atoms with van der Waals surface area (Å²) in [6, 6.07) is 8.34. The lowest BCUT2D eigenvalue weighted by atomic mass is 10.2. The van der Waals surface area contributed by atoms with E-state index in [-0.39, 0.29) is 11.8 Å². The standard InChI is InChI=1S/C17H21N5O3/c1-12(22-8-3-6-19-22)16(23)20-13-4-2-5-14(10-13)21-17(24)15-11-18-7-9-25-15/h2-6,8,10,12,15,18H,7,9,11H2,1H3,(H,20,23)(H,21,24)/t12?,15-/m0/s1. The van der Waals surface area contributed by atoms with Crippen LogP contribution in [-0.4, -0.2) is 47.4 Å². The predicted molar refractivity (Wildman–Crippen MR) is 93.2 cm³/mol. The molecule has 3 N–H and O–H groups in total. The van der Waals surface area contributed by atoms with Gasteiger partial charge in [-0.25, -0.2) is 0 Å². The highest BCUT2D eigenvalue weighted by Crippen LogP contribution is 2.17. The molecule has 1 saturated heterocycles. The summed E-state index contributed by atoms with van der Waals surface area (Å²) >= 11 is 0. The van der Waals surface area contributed by atoms with Gasteiger partial charge in [0.15, 0.2) is 0 Å². The van der Waals surface area contributed by atoms with Crippen LogP contribution in [0.25, 0.3) is 0 Å². The van der Waals surface area contributed by atoms with E-state index in [1.54, 1.807) is 54.3 Å². The Morgan fingerprint density at radius 3 is 2.80 bits per heavy atom. The second-order valence-corrected chi connectivity index (χ2v) is 5.78. The quantitative estimate of drug-likeness (QED) is 0.753. The Morgan fingerprint density at radius 1 is 1.32 bits per heavy atom. The molecule has 2 atom stereocenters. The van der Waals surface area contributed by atoms with Gasteiger partial charge in [-0.15, -0.1) is 0 Å². The van der Waals surface area contributed by atoms with Crippen LogP contribution in [0.1, 0.15) is 13.0 Å². The number of rotatable bonds is 5. The number of ether oxygens (including phenoxy) is 1. The van der Waals surface area contributed by atoms with Crippen molar-refractivity contribution >= 4 is 23.2 Å². The summed E-state index contributed by atoms with van der Waals surface area (Å²) in [6.07, 6.45) is 2.85. The van der Waals surface area contributed by atoms with Gasteiger partial charge in [0.2, 0.25) is 5.91 Å². The van der Waals surface area contributed by atoms with Crippen molar-refractivity contribution < 1.29 is 14.3 Å². The maximum Gasteiger partial charge on any atom is 0.254 e. The Balaban J connectivity index is 1.61. The Bertz CT molecular complexity index is 726. The van der Waals surface area contributed by atoms with E-state index in [0.29, 0.717) is 24.5 Å². The van der Waals surface area contributed by atoms with Crippen molar-refractivity contribution in [3.8, 4) is 0 Å². The van der Waals surface area contributed by atoms with Crippen LogP contribution in [0.2, 0.25) is 0 Å². The average Bonchev–Trinajstić information content (AvgIpc) is 3.16. The summed E-state index contributed by atoms with van der Waals surface area (Å²) in [6.45, 7) is 3.52. The van der Waals surface area contributed by atoms with E-state index in [1.807, 2.05) is 0 Å². The van der Waals surface area contributed by atoms with Crippen molar-refractivity contribution in [2.45, 2.75) is 19.1 Å². The zero-order valence-electron chi connectivity index (χ0n) is 13.9. The Kier molecular flexibility index (Phi) is 5.42. The first kappa shape index (κ1) is 17.1. The molecule has 2 heterocycles. The molecular formula is C17H21N5O3. The lowest BCUT2D eigenvalue weighted by Gasteiger charge is -2.22. The first-order chi connectivity index (χ1) is 12.1. The van der Waals surface area contributed by atoms with Gasteiger partial charge in [-0.1, -0.05) is 6.07 Å². The first-order valence-corrected chi connectivity index (χ1v) is 8.17. The van der Waals surface area contributed by atoms with Crippen LogP contribution >= 0.6 is 0 Å². The fourth-order valence-electron chi connectivity index (χ4n) is 2.51. The third-order valence-corrected chi connectivity index (χ3v) is 3.92. The topological polar surface area (TPSA) is 97.3 Å². The molecule has 1 aliphatic rings. The van der Waals surface area contributed by atoms with Crippen LogP contribution in [0.4, 0.5) is 11.4 Å². The largest absolute Gasteiger partial charge is 0.366 e. The maximum absolute atomic E-state index is 12.3. The molecule has 2 aromatic rings. The van der Waals surface area contributed by atoms with Gasteiger partial charge < -0.3 is 20.7 Å². The van der Waals surface area contributed by atoms with Crippen molar-refractivity contribution in [3.05, 3.63) is 42.7 Å². The van der Waals surface area contributed by atoms with Crippen LogP contribution in [0.3, 0.4) is 0 Å². The lowest BCUT2D eigenvalue weighted by molar-refractivity contribution is -0.128. The third kappa shape index (κ3) is 4.43. The van der Waals surface area contributed by atoms with E-state index >= 15 is 0 Å². The number of anilines is 2. The predicted octanol–water partition coefficient (Wildman–Crippen LogP) is 1.01. The Morgan fingerprint density at radius 2 is 2.12 bits per heavy atom. The SMILES string of the molecule is CC(C(=O)Nc1cccc(NC(=O)[C@@H]2CNCCO2)c1)n1cccn1. The zero-order chi connectivity index (χ0) is 17.6. The number of carbonyl (C=O) groups is 2. The molecule has 132 valence electrons. The van der Waals surface area contributed by atoms with Crippen molar-refractivity contribution in [2.75, 3.05) is 30.3 Å². The van der Waals surface area contributed by atoms with Gasteiger partial charge in [0.1, 0.15) is 12.1 Å². The number of hydrogen-bond donors (Lipinski definition) is 3. The molecule has 1 unspecified atom stereocenters. The highest BCUT2D eigenvalue weighted by Gasteiger charge is 2.22. The van der Waals surface area contributed by atoms with Gasteiger partial charge in [-0.2, -0.15) is 5.10 Å². The zero-order valence-corrected chi connectivity index (χ0v) is 13.9. The van der Waals surface area contributed by atoms with Crippen LogP contribution < -0.4 is 16.0 Å². The molecule has 2 amide bonds. The van der Waals surface area contributed by atoms with Crippen molar-refractivity contribution in [3.63, 3.8) is 0 Å². The minimum atomic E-state index is -0.508. The van der Waals surface area contributed by atoms with E-state index < -0.39 is 12.1 Å². The van der Waals surface area contributed by atoms with Crippen LogP contribution in [-0.2, 0) is 14.3 Å². The highest BCUT2D eigenvalue weighted by molar-refractivity contribution is 5.97. The van der Waals surface area contributed by atoms with Crippen molar-refractivity contribution in [1.29, 1.82) is 0 Å². The first-order valence-electron chi connectivity index (χ1n) is 8.17. The van der Waals surface area contributed by atoms with Crippen molar-refractivity contribution in [1.82, 2.24) is 15.1 Å². The molecule has 8 heteroatoms. The molecule has 1 fully saturated rings. The molecular weight excluding hydrogens is 322 g/mol. The summed E-state index contributed by atoms with van der Waals surface area (Å²) in [4.78, 5) is 24.5. The molecule has 1 aromatic heterocycles. The molecule has 3 rings (SSSR count). The van der Waals surface area contributed by atoms with E-state index in [4.69, 9.17) is 4.74 Å². The van der Waals surface area contributed by atoms with Crippen LogP contribution in [0, 0.1) is 0 Å². The normalized spacial score (nSPS) is 18.4. The lowest BCUT2D eigenvalue weighted by Crippen LogP contribution is -2.45. The van der Waals surface area contributed by atoms with Gasteiger partial charge in [0.25, 0.3) is 5.91 Å². The maximum atomic E-state index is 12.3. The van der Waals surface area contributed by atoms with Crippen molar-refractivity contribution in [2.24, 2.45) is 0 Å². The molecule has 8 nitrogen and oxygen atoms in total. The molecule has 0 spiro atoms. The minimum absolute atomic E-state index is 0.188. The number of morpholine rings is 1. The number of nitrogens with zero attached hydrogens (tertiary/aromatic N) is 2. The van der Waals surface area contributed by atoms with Gasteiger partial charge in [0.05, 0.1) is 6.61 Å². The summed E-state index contributed by atoms with van der Waals surface area (Å²) < 4.78 is 7.00. The summed E-state index contributed by atoms with van der Waals surface area (Å²) in [5, 5.41) is 12.8.